The first kappa shape index (κ1) is 16.6. The number of ether oxygens (including phenoxy) is 2. The molecule has 2 heterocycles. The first-order valence-corrected chi connectivity index (χ1v) is 9.37. The van der Waals surface area contributed by atoms with E-state index in [1.54, 1.807) is 18.2 Å². The molecule has 1 aromatic heterocycles. The van der Waals surface area contributed by atoms with Crippen molar-refractivity contribution >= 4 is 22.4 Å². The lowest BCUT2D eigenvalue weighted by molar-refractivity contribution is 0.102. The van der Waals surface area contributed by atoms with Crippen LogP contribution in [0, 0.1) is 0 Å². The van der Waals surface area contributed by atoms with Crippen molar-refractivity contribution in [2.45, 2.75) is 13.3 Å². The van der Waals surface area contributed by atoms with Gasteiger partial charge in [0.25, 0.3) is 5.91 Å². The minimum atomic E-state index is -0.218. The molecule has 0 fully saturated rings. The molecule has 5 nitrogen and oxygen atoms in total. The highest BCUT2D eigenvalue weighted by Crippen LogP contribution is 2.31. The van der Waals surface area contributed by atoms with E-state index in [0.717, 1.165) is 17.7 Å². The van der Waals surface area contributed by atoms with Crippen LogP contribution in [-0.4, -0.2) is 24.1 Å². The number of anilines is 1. The summed E-state index contributed by atoms with van der Waals surface area (Å²) in [7, 11) is 0. The second kappa shape index (κ2) is 7.17. The summed E-state index contributed by atoms with van der Waals surface area (Å²) in [6, 6.07) is 13.5. The average molecular weight is 366 g/mol. The van der Waals surface area contributed by atoms with Crippen LogP contribution >= 0.6 is 11.3 Å². The third-order valence-corrected chi connectivity index (χ3v) is 4.94. The van der Waals surface area contributed by atoms with Crippen LogP contribution < -0.4 is 14.8 Å². The van der Waals surface area contributed by atoms with Crippen LogP contribution in [0.5, 0.6) is 11.5 Å². The van der Waals surface area contributed by atoms with E-state index < -0.39 is 0 Å². The molecule has 26 heavy (non-hydrogen) atoms. The molecule has 0 radical (unpaired) electrons. The van der Waals surface area contributed by atoms with Crippen LogP contribution in [0.25, 0.3) is 11.3 Å². The van der Waals surface area contributed by atoms with Gasteiger partial charge < -0.3 is 9.47 Å². The van der Waals surface area contributed by atoms with Crippen LogP contribution in [-0.2, 0) is 6.42 Å². The number of aryl methyl sites for hydroxylation is 1. The molecule has 0 spiro atoms. The highest BCUT2D eigenvalue weighted by Gasteiger charge is 2.16. The fourth-order valence-corrected chi connectivity index (χ4v) is 3.44. The number of nitrogens with zero attached hydrogens (tertiary/aromatic N) is 1. The van der Waals surface area contributed by atoms with E-state index in [0.29, 0.717) is 35.4 Å². The maximum Gasteiger partial charge on any atom is 0.257 e. The smallest absolute Gasteiger partial charge is 0.257 e. The van der Waals surface area contributed by atoms with Crippen LogP contribution in [0.3, 0.4) is 0 Å². The van der Waals surface area contributed by atoms with Gasteiger partial charge in [-0.25, -0.2) is 4.98 Å². The Hall–Kier alpha value is -2.86. The molecule has 0 aliphatic carbocycles. The number of fused-ring (bicyclic) bond motifs is 1. The molecule has 1 amide bonds. The molecule has 6 heteroatoms. The van der Waals surface area contributed by atoms with Gasteiger partial charge in [-0.15, -0.1) is 11.3 Å². The van der Waals surface area contributed by atoms with Gasteiger partial charge in [0.1, 0.15) is 13.2 Å². The van der Waals surface area contributed by atoms with Crippen molar-refractivity contribution in [2.75, 3.05) is 18.5 Å². The van der Waals surface area contributed by atoms with Gasteiger partial charge in [0.15, 0.2) is 16.6 Å². The number of hydrogen-bond acceptors (Lipinski definition) is 5. The Morgan fingerprint density at radius 3 is 2.65 bits per heavy atom. The molecule has 1 aliphatic heterocycles. The molecule has 3 aromatic rings. The van der Waals surface area contributed by atoms with Crippen molar-refractivity contribution in [3.05, 3.63) is 59.0 Å². The zero-order valence-corrected chi connectivity index (χ0v) is 15.1. The summed E-state index contributed by atoms with van der Waals surface area (Å²) in [6.07, 6.45) is 1.01. The summed E-state index contributed by atoms with van der Waals surface area (Å²) in [4.78, 5) is 17.0. The molecule has 0 atom stereocenters. The molecule has 0 saturated heterocycles. The third-order valence-electron chi connectivity index (χ3n) is 4.19. The fraction of sp³-hybridized carbons (Fsp3) is 0.200. The van der Waals surface area contributed by atoms with Gasteiger partial charge in [-0.1, -0.05) is 31.2 Å². The highest BCUT2D eigenvalue weighted by atomic mass is 32.1. The van der Waals surface area contributed by atoms with E-state index in [4.69, 9.17) is 9.47 Å². The molecule has 0 bridgehead atoms. The van der Waals surface area contributed by atoms with E-state index in [-0.39, 0.29) is 5.91 Å². The molecule has 132 valence electrons. The van der Waals surface area contributed by atoms with Crippen LogP contribution in [0.2, 0.25) is 0 Å². The fourth-order valence-electron chi connectivity index (χ4n) is 2.73. The molecule has 0 unspecified atom stereocenters. The summed E-state index contributed by atoms with van der Waals surface area (Å²) in [5.41, 5.74) is 3.70. The average Bonchev–Trinajstić information content (AvgIpc) is 3.16. The van der Waals surface area contributed by atoms with Crippen molar-refractivity contribution in [3.63, 3.8) is 0 Å². The zero-order chi connectivity index (χ0) is 17.9. The van der Waals surface area contributed by atoms with Gasteiger partial charge in [-0.2, -0.15) is 0 Å². The lowest BCUT2D eigenvalue weighted by Crippen LogP contribution is -2.17. The lowest BCUT2D eigenvalue weighted by Gasteiger charge is -2.18. The summed E-state index contributed by atoms with van der Waals surface area (Å²) in [5, 5.41) is 5.36. The number of carbonyl (C=O) groups excluding carboxylic acids is 1. The van der Waals surface area contributed by atoms with E-state index in [9.17, 15) is 4.79 Å². The van der Waals surface area contributed by atoms with Crippen LogP contribution in [0.15, 0.2) is 47.8 Å². The van der Waals surface area contributed by atoms with Crippen LogP contribution in [0.1, 0.15) is 22.8 Å². The van der Waals surface area contributed by atoms with E-state index >= 15 is 0 Å². The topological polar surface area (TPSA) is 60.5 Å². The number of aromatic nitrogens is 1. The molecule has 2 aromatic carbocycles. The maximum atomic E-state index is 12.5. The van der Waals surface area contributed by atoms with E-state index in [1.165, 1.54) is 16.9 Å². The Morgan fingerprint density at radius 1 is 1.12 bits per heavy atom. The number of rotatable bonds is 4. The number of amides is 1. The Morgan fingerprint density at radius 2 is 1.88 bits per heavy atom. The molecular weight excluding hydrogens is 348 g/mol. The highest BCUT2D eigenvalue weighted by molar-refractivity contribution is 7.14. The minimum absolute atomic E-state index is 0.218. The number of nitrogens with one attached hydrogen (secondary N) is 1. The summed E-state index contributed by atoms with van der Waals surface area (Å²) < 4.78 is 11.0. The third kappa shape index (κ3) is 3.41. The minimum Gasteiger partial charge on any atom is -0.486 e. The van der Waals surface area contributed by atoms with Gasteiger partial charge in [-0.3, -0.25) is 10.1 Å². The monoisotopic (exact) mass is 366 g/mol. The second-order valence-electron chi connectivity index (χ2n) is 5.90. The first-order chi connectivity index (χ1) is 12.7. The van der Waals surface area contributed by atoms with Crippen LogP contribution in [0.4, 0.5) is 5.13 Å². The van der Waals surface area contributed by atoms with Crippen molar-refractivity contribution in [1.29, 1.82) is 0 Å². The normalized spacial score (nSPS) is 12.7. The molecule has 4 rings (SSSR count). The van der Waals surface area contributed by atoms with Gasteiger partial charge in [0.05, 0.1) is 5.69 Å². The molecular formula is C20H18N2O3S. The van der Waals surface area contributed by atoms with Gasteiger partial charge in [0.2, 0.25) is 0 Å². The molecule has 1 aliphatic rings. The van der Waals surface area contributed by atoms with Crippen molar-refractivity contribution < 1.29 is 14.3 Å². The quantitative estimate of drug-likeness (QED) is 0.744. The number of thiazole rings is 1. The predicted octanol–water partition coefficient (Wildman–Crippen LogP) is 4.40. The largest absolute Gasteiger partial charge is 0.486 e. The molecule has 1 N–H and O–H groups in total. The number of hydrogen-bond donors (Lipinski definition) is 1. The second-order valence-corrected chi connectivity index (χ2v) is 6.76. The lowest BCUT2D eigenvalue weighted by atomic mass is 10.1. The maximum absolute atomic E-state index is 12.5. The predicted molar refractivity (Wildman–Crippen MR) is 102 cm³/mol. The Kier molecular flexibility index (Phi) is 4.58. The van der Waals surface area contributed by atoms with E-state index in [1.807, 2.05) is 5.38 Å². The Labute approximate surface area is 155 Å². The Bertz CT molecular complexity index is 934. The Balaban J connectivity index is 1.49. The first-order valence-electron chi connectivity index (χ1n) is 8.49. The van der Waals surface area contributed by atoms with Crippen molar-refractivity contribution in [3.8, 4) is 22.8 Å². The zero-order valence-electron chi connectivity index (χ0n) is 14.3. The van der Waals surface area contributed by atoms with Gasteiger partial charge >= 0.3 is 0 Å². The summed E-state index contributed by atoms with van der Waals surface area (Å²) in [5.74, 6) is 1.05. The van der Waals surface area contributed by atoms with Gasteiger partial charge in [-0.05, 0) is 30.2 Å². The summed E-state index contributed by atoms with van der Waals surface area (Å²) >= 11 is 1.41. The van der Waals surface area contributed by atoms with Crippen molar-refractivity contribution in [1.82, 2.24) is 4.98 Å². The standard InChI is InChI=1S/C20H18N2O3S/c1-2-13-3-5-14(6-4-13)16-12-26-20(21-16)22-19(23)15-7-8-17-18(11-15)25-10-9-24-17/h3-8,11-12H,2,9-10H2,1H3,(H,21,22,23). The van der Waals surface area contributed by atoms with E-state index in [2.05, 4.69) is 41.5 Å². The summed E-state index contributed by atoms with van der Waals surface area (Å²) in [6.45, 7) is 3.15. The SMILES string of the molecule is CCc1ccc(-c2csc(NC(=O)c3ccc4c(c3)OCCO4)n2)cc1. The number of benzene rings is 2. The van der Waals surface area contributed by atoms with Crippen molar-refractivity contribution in [2.24, 2.45) is 0 Å². The number of carbonyl (C=O) groups is 1. The van der Waals surface area contributed by atoms with Gasteiger partial charge in [0, 0.05) is 16.5 Å². The molecule has 0 saturated carbocycles.